The molecule has 4 heteroatoms. The Kier molecular flexibility index (Phi) is 5.04. The van der Waals surface area contributed by atoms with Crippen LogP contribution >= 0.6 is 0 Å². The molecule has 0 aromatic heterocycles. The molecule has 0 aromatic carbocycles. The van der Waals surface area contributed by atoms with Crippen molar-refractivity contribution in [2.45, 2.75) is 112 Å². The second kappa shape index (κ2) is 6.99. The molecule has 0 amide bonds. The van der Waals surface area contributed by atoms with Gasteiger partial charge in [0.05, 0.1) is 11.5 Å². The average Bonchev–Trinajstić information content (AvgIpc) is 2.73. The summed E-state index contributed by atoms with van der Waals surface area (Å²) >= 11 is 0. The van der Waals surface area contributed by atoms with Gasteiger partial charge in [0.2, 0.25) is 0 Å². The van der Waals surface area contributed by atoms with Crippen LogP contribution in [0.3, 0.4) is 0 Å². The lowest BCUT2D eigenvalue weighted by atomic mass is 9.33. The molecule has 190 valence electrons. The van der Waals surface area contributed by atoms with E-state index in [1.54, 1.807) is 0 Å². The van der Waals surface area contributed by atoms with Gasteiger partial charge in [-0.15, -0.1) is 0 Å². The maximum Gasteiger partial charge on any atom is 0.309 e. The lowest BCUT2D eigenvalue weighted by Gasteiger charge is -2.70. The number of hydrogen-bond donors (Lipinski definition) is 2. The summed E-state index contributed by atoms with van der Waals surface area (Å²) in [6, 6.07) is 0. The van der Waals surface area contributed by atoms with E-state index >= 15 is 0 Å². The topological polar surface area (TPSA) is 74.6 Å². The molecule has 0 radical (unpaired) electrons. The fraction of sp³-hybridized carbons (Fsp3) is 0.867. The van der Waals surface area contributed by atoms with Crippen molar-refractivity contribution in [3.8, 4) is 0 Å². The Morgan fingerprint density at radius 2 is 1.56 bits per heavy atom. The van der Waals surface area contributed by atoms with E-state index in [4.69, 9.17) is 0 Å². The molecule has 0 aliphatic heterocycles. The molecule has 2 N–H and O–H groups in total. The molecular weight excluding hydrogens is 424 g/mol. The van der Waals surface area contributed by atoms with E-state index in [0.717, 1.165) is 51.4 Å². The maximum atomic E-state index is 14.2. The number of fused-ring (bicyclic) bond motifs is 7. The molecule has 5 rings (SSSR count). The van der Waals surface area contributed by atoms with Crippen molar-refractivity contribution < 1.29 is 19.8 Å². The Bertz CT molecular complexity index is 965. The van der Waals surface area contributed by atoms with Crippen molar-refractivity contribution in [2.24, 2.45) is 50.2 Å². The molecule has 1 unspecified atom stereocenters. The summed E-state index contributed by atoms with van der Waals surface area (Å²) in [6.45, 7) is 15.8. The third-order valence-corrected chi connectivity index (χ3v) is 13.1. The highest BCUT2D eigenvalue weighted by Gasteiger charge is 2.70. The third kappa shape index (κ3) is 2.81. The van der Waals surface area contributed by atoms with E-state index < -0.39 is 11.4 Å². The van der Waals surface area contributed by atoms with Crippen molar-refractivity contribution in [2.75, 3.05) is 0 Å². The van der Waals surface area contributed by atoms with Crippen LogP contribution in [0.5, 0.6) is 0 Å². The molecule has 4 fully saturated rings. The number of carboxylic acid groups (broad SMARTS) is 1. The molecule has 0 spiro atoms. The Morgan fingerprint density at radius 3 is 2.21 bits per heavy atom. The summed E-state index contributed by atoms with van der Waals surface area (Å²) in [7, 11) is 0. The van der Waals surface area contributed by atoms with Crippen molar-refractivity contribution >= 4 is 11.8 Å². The first-order valence-corrected chi connectivity index (χ1v) is 13.7. The van der Waals surface area contributed by atoms with Gasteiger partial charge in [-0.2, -0.15) is 0 Å². The van der Waals surface area contributed by atoms with Gasteiger partial charge in [0.25, 0.3) is 0 Å². The summed E-state index contributed by atoms with van der Waals surface area (Å²) in [5.74, 6) is 0.0603. The van der Waals surface area contributed by atoms with Crippen molar-refractivity contribution in [3.63, 3.8) is 0 Å². The van der Waals surface area contributed by atoms with Crippen molar-refractivity contribution in [1.82, 2.24) is 0 Å². The van der Waals surface area contributed by atoms with E-state index in [-0.39, 0.29) is 50.8 Å². The number of aliphatic hydroxyl groups excluding tert-OH is 1. The lowest BCUT2D eigenvalue weighted by Crippen LogP contribution is -2.66. The first kappa shape index (κ1) is 24.5. The van der Waals surface area contributed by atoms with Gasteiger partial charge < -0.3 is 10.2 Å². The normalized spacial score (nSPS) is 54.1. The van der Waals surface area contributed by atoms with Crippen LogP contribution in [0.4, 0.5) is 0 Å². The van der Waals surface area contributed by atoms with Gasteiger partial charge >= 0.3 is 5.97 Å². The monoisotopic (exact) mass is 470 g/mol. The molecule has 0 heterocycles. The highest BCUT2D eigenvalue weighted by molar-refractivity contribution is 5.95. The molecule has 0 bridgehead atoms. The number of carboxylic acids is 1. The number of allylic oxidation sites excluding steroid dienone is 2. The van der Waals surface area contributed by atoms with Gasteiger partial charge in [-0.25, -0.2) is 0 Å². The molecule has 5 aliphatic rings. The van der Waals surface area contributed by atoms with Crippen LogP contribution in [-0.2, 0) is 9.59 Å². The summed E-state index contributed by atoms with van der Waals surface area (Å²) in [6.07, 6.45) is 9.95. The van der Waals surface area contributed by atoms with Gasteiger partial charge in [-0.1, -0.05) is 47.1 Å². The highest BCUT2D eigenvalue weighted by atomic mass is 16.4. The number of carbonyl (C=O) groups is 2. The Balaban J connectivity index is 1.62. The van der Waals surface area contributed by atoms with Gasteiger partial charge in [0, 0.05) is 5.92 Å². The summed E-state index contributed by atoms with van der Waals surface area (Å²) in [4.78, 5) is 26.4. The fourth-order valence-corrected chi connectivity index (χ4v) is 10.4. The standard InChI is InChI=1S/C30H46O4/c1-25(2)21-8-11-30(7)23(28(21,5)10-9-22(25)32)20(31)16-18-19-17-27(4,24(33)34)13-12-26(19,3)14-15-29(18,30)6/h16,19,21-23,32H,8-15,17H2,1-7H3,(H,33,34)/t19-,21?,22-,23+,26+,27-,28-,29+,30+/m1/s1. The van der Waals surface area contributed by atoms with Crippen LogP contribution in [0.2, 0.25) is 0 Å². The zero-order chi connectivity index (χ0) is 25.1. The van der Waals surface area contributed by atoms with E-state index in [1.165, 1.54) is 5.57 Å². The quantitative estimate of drug-likeness (QED) is 0.464. The van der Waals surface area contributed by atoms with Crippen LogP contribution in [0.15, 0.2) is 11.6 Å². The zero-order valence-corrected chi connectivity index (χ0v) is 22.5. The molecule has 9 atom stereocenters. The third-order valence-electron chi connectivity index (χ3n) is 13.1. The molecule has 4 nitrogen and oxygen atoms in total. The van der Waals surface area contributed by atoms with E-state index in [9.17, 15) is 19.8 Å². The number of aliphatic carboxylic acids is 1. The minimum atomic E-state index is -0.711. The SMILES string of the molecule is CC1(C)C2CC[C@@]3(C)[C@@H](C(=O)C=C4[C@H]5C[C@](C)(C(=O)O)CC[C@@]5(C)CC[C@@]43C)[C@]2(C)CC[C@H]1O. The van der Waals surface area contributed by atoms with Crippen LogP contribution in [0.25, 0.3) is 0 Å². The van der Waals surface area contributed by atoms with Gasteiger partial charge in [0.15, 0.2) is 5.78 Å². The number of rotatable bonds is 1. The molecular formula is C30H46O4. The van der Waals surface area contributed by atoms with Gasteiger partial charge in [-0.05, 0) is 110 Å². The van der Waals surface area contributed by atoms with Gasteiger partial charge in [-0.3, -0.25) is 9.59 Å². The molecule has 0 aromatic rings. The lowest BCUT2D eigenvalue weighted by molar-refractivity contribution is -0.202. The molecule has 0 saturated heterocycles. The first-order chi connectivity index (χ1) is 15.6. The fourth-order valence-electron chi connectivity index (χ4n) is 10.4. The number of aliphatic hydroxyl groups is 1. The maximum absolute atomic E-state index is 14.2. The predicted molar refractivity (Wildman–Crippen MR) is 133 cm³/mol. The Labute approximate surface area is 206 Å². The van der Waals surface area contributed by atoms with E-state index in [2.05, 4.69) is 41.5 Å². The zero-order valence-electron chi connectivity index (χ0n) is 22.5. The minimum Gasteiger partial charge on any atom is -0.481 e. The predicted octanol–water partition coefficient (Wildman–Crippen LogP) is 6.41. The van der Waals surface area contributed by atoms with Crippen LogP contribution in [-0.4, -0.2) is 28.1 Å². The molecule has 34 heavy (non-hydrogen) atoms. The second-order valence-electron chi connectivity index (χ2n) is 14.9. The molecule has 4 saturated carbocycles. The first-order valence-electron chi connectivity index (χ1n) is 13.7. The van der Waals surface area contributed by atoms with Crippen molar-refractivity contribution in [1.29, 1.82) is 0 Å². The van der Waals surface area contributed by atoms with E-state index in [1.807, 2.05) is 13.0 Å². The summed E-state index contributed by atoms with van der Waals surface area (Å²) in [5.41, 5.74) is 0.142. The summed E-state index contributed by atoms with van der Waals surface area (Å²) in [5, 5.41) is 20.9. The Hall–Kier alpha value is -1.16. The Morgan fingerprint density at radius 1 is 0.912 bits per heavy atom. The van der Waals surface area contributed by atoms with Crippen LogP contribution in [0.1, 0.15) is 106 Å². The van der Waals surface area contributed by atoms with Crippen LogP contribution in [0, 0.1) is 50.2 Å². The summed E-state index contributed by atoms with van der Waals surface area (Å²) < 4.78 is 0. The minimum absolute atomic E-state index is 0.0296. The molecule has 5 aliphatic carbocycles. The highest BCUT2D eigenvalue weighted by Crippen LogP contribution is 2.75. The number of carbonyl (C=O) groups excluding carboxylic acids is 1. The average molecular weight is 471 g/mol. The largest absolute Gasteiger partial charge is 0.481 e. The van der Waals surface area contributed by atoms with Crippen LogP contribution < -0.4 is 0 Å². The van der Waals surface area contributed by atoms with Gasteiger partial charge in [0.1, 0.15) is 0 Å². The van der Waals surface area contributed by atoms with E-state index in [0.29, 0.717) is 12.3 Å². The second-order valence-corrected chi connectivity index (χ2v) is 14.9. The number of ketones is 1. The number of hydrogen-bond acceptors (Lipinski definition) is 3. The van der Waals surface area contributed by atoms with Crippen molar-refractivity contribution in [3.05, 3.63) is 11.6 Å². The smallest absolute Gasteiger partial charge is 0.309 e.